The Morgan fingerprint density at radius 2 is 2.09 bits per heavy atom. The zero-order valence-electron chi connectivity index (χ0n) is 13.1. The van der Waals surface area contributed by atoms with E-state index in [1.54, 1.807) is 0 Å². The van der Waals surface area contributed by atoms with Gasteiger partial charge in [0.25, 0.3) is 0 Å². The van der Waals surface area contributed by atoms with Gasteiger partial charge in [-0.05, 0) is 44.9 Å². The van der Waals surface area contributed by atoms with Crippen molar-refractivity contribution < 1.29 is 4.79 Å². The third-order valence-corrected chi connectivity index (χ3v) is 4.21. The smallest absolute Gasteiger partial charge is 0.316 e. The van der Waals surface area contributed by atoms with Crippen molar-refractivity contribution in [3.63, 3.8) is 0 Å². The highest BCUT2D eigenvalue weighted by molar-refractivity contribution is 5.89. The molecule has 1 saturated heterocycles. The Labute approximate surface area is 130 Å². The topological polar surface area (TPSA) is 50.2 Å². The number of nitrogens with zero attached hydrogens (tertiary/aromatic N) is 3. The Bertz CT molecular complexity index is 647. The number of carbonyl (C=O) groups excluding carboxylic acids is 1. The number of aryl methyl sites for hydroxylation is 2. The quantitative estimate of drug-likeness (QED) is 0.941. The Balaban J connectivity index is 1.75. The van der Waals surface area contributed by atoms with Crippen LogP contribution in [0.4, 0.5) is 10.5 Å². The molecule has 0 aliphatic carbocycles. The summed E-state index contributed by atoms with van der Waals surface area (Å²) in [4.78, 5) is 14.5. The molecule has 0 bridgehead atoms. The maximum absolute atomic E-state index is 12.6. The summed E-state index contributed by atoms with van der Waals surface area (Å²) in [7, 11) is 0. The van der Waals surface area contributed by atoms with Crippen LogP contribution < -0.4 is 5.32 Å². The molecule has 0 saturated carbocycles. The van der Waals surface area contributed by atoms with E-state index in [1.165, 1.54) is 5.56 Å². The first kappa shape index (κ1) is 14.6. The maximum Gasteiger partial charge on any atom is 0.322 e. The number of aromatic nitrogens is 2. The summed E-state index contributed by atoms with van der Waals surface area (Å²) >= 11 is 0. The summed E-state index contributed by atoms with van der Waals surface area (Å²) in [6, 6.07) is 9.99. The Morgan fingerprint density at radius 1 is 1.32 bits per heavy atom. The fourth-order valence-electron chi connectivity index (χ4n) is 3.04. The monoisotopic (exact) mass is 298 g/mol. The second-order valence-corrected chi connectivity index (χ2v) is 5.72. The summed E-state index contributed by atoms with van der Waals surface area (Å²) in [5, 5.41) is 7.32. The molecule has 1 aliphatic rings. The predicted molar refractivity (Wildman–Crippen MR) is 86.8 cm³/mol. The number of nitrogens with one attached hydrogen (secondary N) is 1. The van der Waals surface area contributed by atoms with Crippen molar-refractivity contribution in [2.45, 2.75) is 39.3 Å². The summed E-state index contributed by atoms with van der Waals surface area (Å²) in [6.45, 7) is 5.72. The number of rotatable bonds is 3. The lowest BCUT2D eigenvalue weighted by Gasteiger charge is -2.25. The van der Waals surface area contributed by atoms with Gasteiger partial charge >= 0.3 is 6.03 Å². The maximum atomic E-state index is 12.6. The normalized spacial score (nSPS) is 17.7. The third kappa shape index (κ3) is 2.84. The molecule has 5 nitrogen and oxygen atoms in total. The van der Waals surface area contributed by atoms with Gasteiger partial charge in [-0.15, -0.1) is 0 Å². The van der Waals surface area contributed by atoms with Crippen LogP contribution in [-0.2, 0) is 6.54 Å². The molecule has 0 radical (unpaired) electrons. The van der Waals surface area contributed by atoms with Crippen molar-refractivity contribution in [2.24, 2.45) is 0 Å². The van der Waals surface area contributed by atoms with Gasteiger partial charge in [-0.2, -0.15) is 5.10 Å². The van der Waals surface area contributed by atoms with Crippen LogP contribution in [0.5, 0.6) is 0 Å². The zero-order valence-corrected chi connectivity index (χ0v) is 13.1. The highest BCUT2D eigenvalue weighted by Crippen LogP contribution is 2.32. The first-order valence-electron chi connectivity index (χ1n) is 7.85. The number of hydrogen-bond donors (Lipinski definition) is 1. The third-order valence-electron chi connectivity index (χ3n) is 4.21. The lowest BCUT2D eigenvalue weighted by Crippen LogP contribution is -2.35. The molecule has 3 rings (SSSR count). The van der Waals surface area contributed by atoms with Gasteiger partial charge in [0, 0.05) is 25.0 Å². The van der Waals surface area contributed by atoms with E-state index in [0.29, 0.717) is 0 Å². The summed E-state index contributed by atoms with van der Waals surface area (Å²) in [5.74, 6) is 0. The van der Waals surface area contributed by atoms with Crippen molar-refractivity contribution in [3.8, 4) is 0 Å². The Morgan fingerprint density at radius 3 is 2.82 bits per heavy atom. The number of amides is 2. The molecular weight excluding hydrogens is 276 g/mol. The van der Waals surface area contributed by atoms with Crippen molar-refractivity contribution in [2.75, 3.05) is 11.9 Å². The standard InChI is InChI=1S/C17H22N4O/c1-3-21-16(10-11-18-21)15-5-4-12-20(15)17(22)19-14-8-6-13(2)7-9-14/h6-11,15H,3-5,12H2,1-2H3,(H,19,22). The molecule has 1 aromatic carbocycles. The van der Waals surface area contributed by atoms with Gasteiger partial charge in [0.05, 0.1) is 11.7 Å². The number of hydrogen-bond acceptors (Lipinski definition) is 2. The van der Waals surface area contributed by atoms with Crippen LogP contribution in [0.2, 0.25) is 0 Å². The highest BCUT2D eigenvalue weighted by Gasteiger charge is 2.31. The second kappa shape index (κ2) is 6.22. The fraction of sp³-hybridized carbons (Fsp3) is 0.412. The molecular formula is C17H22N4O. The van der Waals surface area contributed by atoms with E-state index in [0.717, 1.165) is 37.3 Å². The lowest BCUT2D eigenvalue weighted by molar-refractivity contribution is 0.204. The van der Waals surface area contributed by atoms with E-state index in [-0.39, 0.29) is 12.1 Å². The molecule has 0 spiro atoms. The molecule has 22 heavy (non-hydrogen) atoms. The Kier molecular flexibility index (Phi) is 4.13. The minimum Gasteiger partial charge on any atom is -0.316 e. The molecule has 1 N–H and O–H groups in total. The summed E-state index contributed by atoms with van der Waals surface area (Å²) < 4.78 is 1.97. The minimum atomic E-state index is -0.0322. The molecule has 2 heterocycles. The number of urea groups is 1. The van der Waals surface area contributed by atoms with Crippen LogP contribution in [0.3, 0.4) is 0 Å². The van der Waals surface area contributed by atoms with E-state index < -0.39 is 0 Å². The summed E-state index contributed by atoms with van der Waals surface area (Å²) in [6.07, 6.45) is 3.83. The first-order valence-corrected chi connectivity index (χ1v) is 7.85. The average molecular weight is 298 g/mol. The molecule has 5 heteroatoms. The van der Waals surface area contributed by atoms with Crippen LogP contribution in [0.25, 0.3) is 0 Å². The van der Waals surface area contributed by atoms with Crippen molar-refractivity contribution in [3.05, 3.63) is 47.8 Å². The molecule has 1 aliphatic heterocycles. The first-order chi connectivity index (χ1) is 10.7. The van der Waals surface area contributed by atoms with Gasteiger partial charge in [-0.25, -0.2) is 4.79 Å². The largest absolute Gasteiger partial charge is 0.322 e. The SMILES string of the molecule is CCn1nccc1C1CCCN1C(=O)Nc1ccc(C)cc1. The second-order valence-electron chi connectivity index (χ2n) is 5.72. The van der Waals surface area contributed by atoms with Gasteiger partial charge in [0.2, 0.25) is 0 Å². The van der Waals surface area contributed by atoms with E-state index in [2.05, 4.69) is 17.3 Å². The van der Waals surface area contributed by atoms with Crippen LogP contribution in [0, 0.1) is 6.92 Å². The zero-order chi connectivity index (χ0) is 15.5. The van der Waals surface area contributed by atoms with Crippen LogP contribution in [0.1, 0.15) is 37.1 Å². The van der Waals surface area contributed by atoms with Gasteiger partial charge < -0.3 is 10.2 Å². The number of anilines is 1. The number of carbonyl (C=O) groups is 1. The van der Waals surface area contributed by atoms with Gasteiger partial charge in [0.1, 0.15) is 0 Å². The predicted octanol–water partition coefficient (Wildman–Crippen LogP) is 3.58. The Hall–Kier alpha value is -2.30. The summed E-state index contributed by atoms with van der Waals surface area (Å²) in [5.41, 5.74) is 3.15. The van der Waals surface area contributed by atoms with Crippen molar-refractivity contribution in [1.29, 1.82) is 0 Å². The van der Waals surface area contributed by atoms with Crippen molar-refractivity contribution >= 4 is 11.7 Å². The van der Waals surface area contributed by atoms with Crippen LogP contribution in [-0.4, -0.2) is 27.3 Å². The van der Waals surface area contributed by atoms with E-state index in [9.17, 15) is 4.79 Å². The van der Waals surface area contributed by atoms with Crippen LogP contribution >= 0.6 is 0 Å². The fourth-order valence-corrected chi connectivity index (χ4v) is 3.04. The molecule has 2 aromatic rings. The van der Waals surface area contributed by atoms with Gasteiger partial charge in [0.15, 0.2) is 0 Å². The molecule has 1 aromatic heterocycles. The molecule has 116 valence electrons. The van der Waals surface area contributed by atoms with Gasteiger partial charge in [-0.1, -0.05) is 17.7 Å². The number of benzene rings is 1. The molecule has 1 unspecified atom stereocenters. The van der Waals surface area contributed by atoms with E-state index >= 15 is 0 Å². The van der Waals surface area contributed by atoms with E-state index in [4.69, 9.17) is 0 Å². The molecule has 1 fully saturated rings. The minimum absolute atomic E-state index is 0.0322. The average Bonchev–Trinajstić information content (AvgIpc) is 3.17. The van der Waals surface area contributed by atoms with Crippen LogP contribution in [0.15, 0.2) is 36.5 Å². The molecule has 1 atom stereocenters. The van der Waals surface area contributed by atoms with E-state index in [1.807, 2.05) is 53.0 Å². The molecule has 2 amide bonds. The van der Waals surface area contributed by atoms with Gasteiger partial charge in [-0.3, -0.25) is 4.68 Å². The lowest BCUT2D eigenvalue weighted by atomic mass is 10.1. The number of likely N-dealkylation sites (tertiary alicyclic amines) is 1. The van der Waals surface area contributed by atoms with Crippen molar-refractivity contribution in [1.82, 2.24) is 14.7 Å². The highest BCUT2D eigenvalue weighted by atomic mass is 16.2.